The summed E-state index contributed by atoms with van der Waals surface area (Å²) >= 11 is 0.966. The van der Waals surface area contributed by atoms with Crippen LogP contribution in [-0.2, 0) is 60.1 Å². The molecular formula is C33H41N9O11S2. The fraction of sp³-hybridized carbons (Fsp3) is 0.485. The summed E-state index contributed by atoms with van der Waals surface area (Å²) in [6.45, 7) is 7.34. The van der Waals surface area contributed by atoms with Crippen LogP contribution in [0.1, 0.15) is 54.0 Å². The SMILES string of the molecule is CC1(C)[C@H](CC(=O)/C(=N\O[C@@H](COc2ccc(C(=O)N3Cc4c[n+](CC5CNC5)n(CCCN)c4C3)cc2)C(=O)O)c2csc(N)n2)C(=O)N1OS(=O)(=O)[O-]. The number of thiazole rings is 1. The van der Waals surface area contributed by atoms with E-state index in [0.29, 0.717) is 36.2 Å². The van der Waals surface area contributed by atoms with Gasteiger partial charge in [-0.05, 0) is 51.1 Å². The minimum atomic E-state index is -5.26. The number of β-lactam (4-membered cyclic amide) rings is 1. The molecule has 0 unspecified atom stereocenters. The number of oxime groups is 1. The summed E-state index contributed by atoms with van der Waals surface area (Å²) in [7, 11) is -5.26. The Kier molecular flexibility index (Phi) is 11.5. The van der Waals surface area contributed by atoms with Gasteiger partial charge in [-0.1, -0.05) is 5.16 Å². The average molecular weight is 804 g/mol. The summed E-state index contributed by atoms with van der Waals surface area (Å²) in [6.07, 6.45) is 0.682. The molecule has 6 rings (SSSR count). The first-order valence-corrected chi connectivity index (χ1v) is 19.5. The summed E-state index contributed by atoms with van der Waals surface area (Å²) in [5.41, 5.74) is 12.3. The molecular weight excluding hydrogens is 763 g/mol. The van der Waals surface area contributed by atoms with E-state index in [1.54, 1.807) is 17.0 Å². The molecule has 0 saturated carbocycles. The van der Waals surface area contributed by atoms with Crippen LogP contribution in [0.15, 0.2) is 41.0 Å². The number of nitrogen functional groups attached to an aromatic ring is 1. The van der Waals surface area contributed by atoms with Crippen molar-refractivity contribution in [2.24, 2.45) is 22.7 Å². The number of aromatic nitrogens is 3. The van der Waals surface area contributed by atoms with E-state index in [1.807, 2.05) is 0 Å². The van der Waals surface area contributed by atoms with Crippen molar-refractivity contribution < 1.29 is 55.8 Å². The molecule has 5 heterocycles. The molecule has 55 heavy (non-hydrogen) atoms. The molecule has 0 spiro atoms. The third-order valence-corrected chi connectivity index (χ3v) is 10.7. The van der Waals surface area contributed by atoms with Gasteiger partial charge in [0.15, 0.2) is 23.2 Å². The van der Waals surface area contributed by atoms with Gasteiger partial charge in [0.25, 0.3) is 17.9 Å². The van der Waals surface area contributed by atoms with Crippen LogP contribution >= 0.6 is 11.3 Å². The monoisotopic (exact) mass is 803 g/mol. The lowest BCUT2D eigenvalue weighted by atomic mass is 9.74. The second kappa shape index (κ2) is 16.0. The molecule has 20 nitrogen and oxygen atoms in total. The fourth-order valence-corrected chi connectivity index (χ4v) is 7.53. The van der Waals surface area contributed by atoms with Gasteiger partial charge in [-0.3, -0.25) is 14.4 Å². The third-order valence-electron chi connectivity index (χ3n) is 9.68. The molecule has 1 aromatic carbocycles. The van der Waals surface area contributed by atoms with Crippen LogP contribution in [0.5, 0.6) is 5.75 Å². The summed E-state index contributed by atoms with van der Waals surface area (Å²) in [5.74, 6) is -3.72. The molecule has 296 valence electrons. The molecule has 2 aromatic heterocycles. The summed E-state index contributed by atoms with van der Waals surface area (Å²) in [5, 5.41) is 18.7. The molecule has 22 heteroatoms. The number of hydrogen-bond acceptors (Lipinski definition) is 16. The van der Waals surface area contributed by atoms with E-state index in [1.165, 1.54) is 31.4 Å². The number of carbonyl (C=O) groups is 4. The number of carboxylic acids is 1. The van der Waals surface area contributed by atoms with Gasteiger partial charge in [-0.2, -0.15) is 14.0 Å². The number of benzene rings is 1. The number of carboxylic acid groups (broad SMARTS) is 1. The number of nitrogens with zero attached hydrogens (tertiary/aromatic N) is 6. The Labute approximate surface area is 319 Å². The van der Waals surface area contributed by atoms with Crippen LogP contribution in [0.4, 0.5) is 5.13 Å². The van der Waals surface area contributed by atoms with Crippen molar-refractivity contribution >= 4 is 56.1 Å². The van der Waals surface area contributed by atoms with Crippen molar-refractivity contribution in [3.63, 3.8) is 0 Å². The molecule has 6 N–H and O–H groups in total. The van der Waals surface area contributed by atoms with Crippen molar-refractivity contribution in [3.8, 4) is 5.75 Å². The molecule has 0 bridgehead atoms. The fourth-order valence-electron chi connectivity index (χ4n) is 6.54. The highest BCUT2D eigenvalue weighted by Crippen LogP contribution is 2.40. The maximum absolute atomic E-state index is 13.5. The van der Waals surface area contributed by atoms with Gasteiger partial charge < -0.3 is 40.9 Å². The Balaban J connectivity index is 1.08. The maximum Gasteiger partial charge on any atom is 0.351 e. The number of carbonyl (C=O) groups excluding carboxylic acids is 3. The van der Waals surface area contributed by atoms with E-state index in [-0.39, 0.29) is 22.5 Å². The normalized spacial score (nSPS) is 18.7. The lowest BCUT2D eigenvalue weighted by Crippen LogP contribution is -2.68. The molecule has 2 fully saturated rings. The number of fused-ring (bicyclic) bond motifs is 1. The van der Waals surface area contributed by atoms with E-state index in [4.69, 9.17) is 21.0 Å². The van der Waals surface area contributed by atoms with Crippen LogP contribution in [0.25, 0.3) is 0 Å². The molecule has 2 amide bonds. The van der Waals surface area contributed by atoms with Gasteiger partial charge in [-0.15, -0.1) is 16.0 Å². The average Bonchev–Trinajstić information content (AvgIpc) is 3.82. The smallest absolute Gasteiger partial charge is 0.351 e. The number of ether oxygens (including phenoxy) is 1. The molecule has 3 aliphatic rings. The largest absolute Gasteiger partial charge is 0.724 e. The number of ketones is 1. The van der Waals surface area contributed by atoms with Crippen LogP contribution in [0.2, 0.25) is 0 Å². The number of aliphatic carboxylic acids is 1. The number of nitrogens with two attached hydrogens (primary N) is 2. The van der Waals surface area contributed by atoms with Gasteiger partial charge in [0, 0.05) is 36.4 Å². The Morgan fingerprint density at radius 1 is 1.22 bits per heavy atom. The number of Topliss-reactive ketones (excluding diaryl/α,β-unsaturated/α-hetero) is 1. The summed E-state index contributed by atoms with van der Waals surface area (Å²) in [6, 6.07) is 6.20. The number of amides is 2. The van der Waals surface area contributed by atoms with Gasteiger partial charge in [-0.25, -0.2) is 18.2 Å². The Morgan fingerprint density at radius 2 is 1.95 bits per heavy atom. The van der Waals surface area contributed by atoms with Crippen molar-refractivity contribution in [1.29, 1.82) is 0 Å². The van der Waals surface area contributed by atoms with Gasteiger partial charge in [0.05, 0.1) is 36.7 Å². The molecule has 3 aliphatic heterocycles. The molecule has 2 atom stereocenters. The zero-order valence-corrected chi connectivity index (χ0v) is 31.6. The third kappa shape index (κ3) is 8.79. The minimum absolute atomic E-state index is 0.0548. The van der Waals surface area contributed by atoms with Gasteiger partial charge in [0.2, 0.25) is 16.6 Å². The van der Waals surface area contributed by atoms with E-state index < -0.39 is 64.4 Å². The predicted octanol–water partition coefficient (Wildman–Crippen LogP) is -0.621. The number of anilines is 1. The van der Waals surface area contributed by atoms with Crippen LogP contribution in [0.3, 0.4) is 0 Å². The zero-order valence-electron chi connectivity index (χ0n) is 30.0. The topological polar surface area (TPSA) is 278 Å². The maximum atomic E-state index is 13.5. The second-order valence-corrected chi connectivity index (χ2v) is 15.8. The van der Waals surface area contributed by atoms with Crippen LogP contribution in [-0.4, -0.2) is 105 Å². The lowest BCUT2D eigenvalue weighted by molar-refractivity contribution is -0.782. The van der Waals surface area contributed by atoms with E-state index >= 15 is 0 Å². The van der Waals surface area contributed by atoms with Gasteiger partial charge in [0.1, 0.15) is 23.7 Å². The zero-order chi connectivity index (χ0) is 39.7. The van der Waals surface area contributed by atoms with Crippen molar-refractivity contribution in [3.05, 3.63) is 58.4 Å². The lowest BCUT2D eigenvalue weighted by Gasteiger charge is -2.51. The minimum Gasteiger partial charge on any atom is -0.724 e. The summed E-state index contributed by atoms with van der Waals surface area (Å²) in [4.78, 5) is 62.6. The first-order chi connectivity index (χ1) is 26.0. The first kappa shape index (κ1) is 39.7. The molecule has 3 aromatic rings. The Bertz CT molecular complexity index is 2100. The highest BCUT2D eigenvalue weighted by Gasteiger charge is 2.57. The molecule has 0 aliphatic carbocycles. The Hall–Kier alpha value is -5.00. The van der Waals surface area contributed by atoms with Crippen molar-refractivity contribution in [2.75, 3.05) is 32.0 Å². The van der Waals surface area contributed by atoms with E-state index in [2.05, 4.69) is 35.3 Å². The van der Waals surface area contributed by atoms with Crippen molar-refractivity contribution in [1.82, 2.24) is 24.9 Å². The van der Waals surface area contributed by atoms with Gasteiger partial charge >= 0.3 is 5.97 Å². The standard InChI is InChI=1S/C33H41N9O11S2/c1-33(2)23(30(45)42(33)53-55(48,49)50)10-26(43)28(24-18-54-32(35)37-24)38-52-27(31(46)47)17-51-22-6-4-20(5-7-22)29(44)39-14-21-15-40(13-19-11-36-12-19)41(9-3-8-34)25(21)16-39/h4-7,15,18-19,23,27,36H,3,8-14,16-17,34H2,1-2H3,(H3-,35,37,46,47,48,49,50)/b38-28-/t23-,27+/m1/s1. The van der Waals surface area contributed by atoms with E-state index in [9.17, 15) is 37.3 Å². The van der Waals surface area contributed by atoms with Crippen molar-refractivity contribution in [2.45, 2.75) is 64.5 Å². The molecule has 2 saturated heterocycles. The highest BCUT2D eigenvalue weighted by atomic mass is 32.3. The number of nitrogens with one attached hydrogen (secondary N) is 1. The number of hydrogen-bond donors (Lipinski definition) is 4. The predicted molar refractivity (Wildman–Crippen MR) is 191 cm³/mol. The van der Waals surface area contributed by atoms with Crippen LogP contribution < -0.4 is 26.2 Å². The molecule has 0 radical (unpaired) electrons. The van der Waals surface area contributed by atoms with E-state index in [0.717, 1.165) is 55.2 Å². The quantitative estimate of drug-likeness (QED) is 0.0312. The highest BCUT2D eigenvalue weighted by molar-refractivity contribution is 7.80. The number of hydroxylamine groups is 2. The number of rotatable bonds is 18. The van der Waals surface area contributed by atoms with Crippen LogP contribution in [0, 0.1) is 11.8 Å². The first-order valence-electron chi connectivity index (χ1n) is 17.3. The summed E-state index contributed by atoms with van der Waals surface area (Å²) < 4.78 is 47.5. The second-order valence-electron chi connectivity index (χ2n) is 13.9. The Morgan fingerprint density at radius 3 is 2.53 bits per heavy atom.